The molecule has 90 valence electrons. The molecule has 0 saturated heterocycles. The van der Waals surface area contributed by atoms with Crippen LogP contribution in [0.2, 0.25) is 0 Å². The number of halogens is 1. The molecule has 0 aliphatic heterocycles. The van der Waals surface area contributed by atoms with E-state index in [1.807, 2.05) is 0 Å². The fraction of sp³-hybridized carbons (Fsp3) is 0.462. The monoisotopic (exact) mass is 250 g/mol. The molecule has 2 aromatic rings. The van der Waals surface area contributed by atoms with Gasteiger partial charge in [-0.3, -0.25) is 0 Å². The van der Waals surface area contributed by atoms with E-state index in [-0.39, 0.29) is 5.82 Å². The van der Waals surface area contributed by atoms with Crippen LogP contribution in [-0.2, 0) is 6.54 Å². The van der Waals surface area contributed by atoms with Crippen molar-refractivity contribution in [1.29, 1.82) is 0 Å². The minimum atomic E-state index is -0.184. The molecule has 1 aromatic heterocycles. The van der Waals surface area contributed by atoms with E-state index in [2.05, 4.69) is 10.3 Å². The van der Waals surface area contributed by atoms with Gasteiger partial charge in [-0.15, -0.1) is 11.3 Å². The molecule has 0 unspecified atom stereocenters. The first-order chi connectivity index (χ1) is 8.31. The molecule has 3 rings (SSSR count). The molecule has 0 atom stereocenters. The van der Waals surface area contributed by atoms with Gasteiger partial charge >= 0.3 is 0 Å². The first-order valence-electron chi connectivity index (χ1n) is 6.09. The van der Waals surface area contributed by atoms with Gasteiger partial charge in [0, 0.05) is 12.6 Å². The van der Waals surface area contributed by atoms with E-state index in [0.717, 1.165) is 21.8 Å². The highest BCUT2D eigenvalue weighted by atomic mass is 32.1. The Balaban J connectivity index is 1.72. The van der Waals surface area contributed by atoms with Crippen molar-refractivity contribution in [1.82, 2.24) is 10.3 Å². The van der Waals surface area contributed by atoms with Gasteiger partial charge in [0.1, 0.15) is 10.8 Å². The summed E-state index contributed by atoms with van der Waals surface area (Å²) in [6, 6.07) is 5.43. The van der Waals surface area contributed by atoms with Crippen molar-refractivity contribution in [2.45, 2.75) is 38.3 Å². The topological polar surface area (TPSA) is 24.9 Å². The summed E-state index contributed by atoms with van der Waals surface area (Å²) >= 11 is 1.58. The molecule has 0 bridgehead atoms. The van der Waals surface area contributed by atoms with Gasteiger partial charge in [0.05, 0.1) is 10.2 Å². The molecule has 0 amide bonds. The third-order valence-corrected chi connectivity index (χ3v) is 4.31. The van der Waals surface area contributed by atoms with Gasteiger partial charge in [0.25, 0.3) is 0 Å². The molecule has 1 aliphatic rings. The van der Waals surface area contributed by atoms with Crippen LogP contribution in [0.1, 0.15) is 30.7 Å². The average molecular weight is 250 g/mol. The molecule has 1 saturated carbocycles. The van der Waals surface area contributed by atoms with Crippen LogP contribution in [0.3, 0.4) is 0 Å². The van der Waals surface area contributed by atoms with Gasteiger partial charge in [0.2, 0.25) is 0 Å². The molecule has 1 N–H and O–H groups in total. The number of nitrogens with one attached hydrogen (secondary N) is 1. The maximum atomic E-state index is 13.0. The SMILES string of the molecule is Fc1ccc2nc(CNC3CCCC3)sc2c1. The van der Waals surface area contributed by atoms with E-state index in [4.69, 9.17) is 0 Å². The summed E-state index contributed by atoms with van der Waals surface area (Å²) in [7, 11) is 0. The van der Waals surface area contributed by atoms with Crippen LogP contribution in [0.4, 0.5) is 4.39 Å². The largest absolute Gasteiger partial charge is 0.308 e. The van der Waals surface area contributed by atoms with Crippen LogP contribution >= 0.6 is 11.3 Å². The van der Waals surface area contributed by atoms with Crippen molar-refractivity contribution < 1.29 is 4.39 Å². The Morgan fingerprint density at radius 1 is 1.35 bits per heavy atom. The highest BCUT2D eigenvalue weighted by Crippen LogP contribution is 2.24. The summed E-state index contributed by atoms with van der Waals surface area (Å²) in [6.45, 7) is 0.811. The number of rotatable bonds is 3. The summed E-state index contributed by atoms with van der Waals surface area (Å²) in [4.78, 5) is 4.50. The van der Waals surface area contributed by atoms with Crippen molar-refractivity contribution in [3.8, 4) is 0 Å². The van der Waals surface area contributed by atoms with E-state index in [1.165, 1.54) is 31.7 Å². The molecule has 1 aliphatic carbocycles. The van der Waals surface area contributed by atoms with Crippen LogP contribution in [0.5, 0.6) is 0 Å². The first-order valence-corrected chi connectivity index (χ1v) is 6.91. The Kier molecular flexibility index (Phi) is 3.07. The highest BCUT2D eigenvalue weighted by Gasteiger charge is 2.14. The quantitative estimate of drug-likeness (QED) is 0.902. The van der Waals surface area contributed by atoms with Gasteiger partial charge in [-0.1, -0.05) is 12.8 Å². The van der Waals surface area contributed by atoms with E-state index in [0.29, 0.717) is 6.04 Å². The van der Waals surface area contributed by atoms with E-state index in [9.17, 15) is 4.39 Å². The lowest BCUT2D eigenvalue weighted by molar-refractivity contribution is 0.523. The number of aromatic nitrogens is 1. The number of hydrogen-bond donors (Lipinski definition) is 1. The minimum Gasteiger partial charge on any atom is -0.308 e. The molecule has 1 aromatic carbocycles. The van der Waals surface area contributed by atoms with Crippen molar-refractivity contribution in [3.63, 3.8) is 0 Å². The second-order valence-electron chi connectivity index (χ2n) is 4.58. The number of thiazole rings is 1. The van der Waals surface area contributed by atoms with Crippen LogP contribution in [0.25, 0.3) is 10.2 Å². The molecule has 0 spiro atoms. The minimum absolute atomic E-state index is 0.184. The molecule has 1 heterocycles. The summed E-state index contributed by atoms with van der Waals surface area (Å²) < 4.78 is 14.0. The van der Waals surface area contributed by atoms with Crippen LogP contribution in [0.15, 0.2) is 18.2 Å². The number of hydrogen-bond acceptors (Lipinski definition) is 3. The zero-order chi connectivity index (χ0) is 11.7. The van der Waals surface area contributed by atoms with Crippen molar-refractivity contribution >= 4 is 21.6 Å². The highest BCUT2D eigenvalue weighted by molar-refractivity contribution is 7.18. The smallest absolute Gasteiger partial charge is 0.124 e. The zero-order valence-electron chi connectivity index (χ0n) is 9.58. The van der Waals surface area contributed by atoms with E-state index in [1.54, 1.807) is 23.5 Å². The Hall–Kier alpha value is -1.00. The second-order valence-corrected chi connectivity index (χ2v) is 5.70. The number of fused-ring (bicyclic) bond motifs is 1. The van der Waals surface area contributed by atoms with Crippen LogP contribution in [0, 0.1) is 5.82 Å². The van der Waals surface area contributed by atoms with Gasteiger partial charge in [-0.2, -0.15) is 0 Å². The standard InChI is InChI=1S/C13H15FN2S/c14-9-5-6-11-12(7-9)17-13(16-11)8-15-10-3-1-2-4-10/h5-7,10,15H,1-4,8H2. The molecule has 4 heteroatoms. The molecule has 17 heavy (non-hydrogen) atoms. The van der Waals surface area contributed by atoms with Crippen LogP contribution in [-0.4, -0.2) is 11.0 Å². The van der Waals surface area contributed by atoms with Crippen molar-refractivity contribution in [2.75, 3.05) is 0 Å². The summed E-state index contributed by atoms with van der Waals surface area (Å²) in [6.07, 6.45) is 5.23. The lowest BCUT2D eigenvalue weighted by atomic mass is 10.2. The molecular weight excluding hydrogens is 235 g/mol. The third-order valence-electron chi connectivity index (χ3n) is 3.29. The molecule has 1 fully saturated rings. The predicted octanol–water partition coefficient (Wildman–Crippen LogP) is 3.47. The van der Waals surface area contributed by atoms with Crippen molar-refractivity contribution in [3.05, 3.63) is 29.0 Å². The lowest BCUT2D eigenvalue weighted by Gasteiger charge is -2.09. The second kappa shape index (κ2) is 4.70. The Morgan fingerprint density at radius 3 is 3.00 bits per heavy atom. The zero-order valence-corrected chi connectivity index (χ0v) is 10.4. The average Bonchev–Trinajstić information content (AvgIpc) is 2.94. The maximum Gasteiger partial charge on any atom is 0.124 e. The van der Waals surface area contributed by atoms with Gasteiger partial charge in [-0.25, -0.2) is 9.37 Å². The molecular formula is C13H15FN2S. The molecule has 0 radical (unpaired) electrons. The Morgan fingerprint density at radius 2 is 2.18 bits per heavy atom. The lowest BCUT2D eigenvalue weighted by Crippen LogP contribution is -2.25. The summed E-state index contributed by atoms with van der Waals surface area (Å²) in [5, 5.41) is 4.58. The van der Waals surface area contributed by atoms with E-state index < -0.39 is 0 Å². The fourth-order valence-corrected chi connectivity index (χ4v) is 3.33. The number of nitrogens with zero attached hydrogens (tertiary/aromatic N) is 1. The van der Waals surface area contributed by atoms with Gasteiger partial charge < -0.3 is 5.32 Å². The first kappa shape index (κ1) is 11.1. The van der Waals surface area contributed by atoms with Gasteiger partial charge in [0.15, 0.2) is 0 Å². The Labute approximate surface area is 104 Å². The summed E-state index contributed by atoms with van der Waals surface area (Å²) in [5.74, 6) is -0.184. The van der Waals surface area contributed by atoms with Gasteiger partial charge in [-0.05, 0) is 31.0 Å². The number of benzene rings is 1. The Bertz CT molecular complexity index is 517. The third kappa shape index (κ3) is 2.48. The van der Waals surface area contributed by atoms with Crippen LogP contribution < -0.4 is 5.32 Å². The van der Waals surface area contributed by atoms with E-state index >= 15 is 0 Å². The normalized spacial score (nSPS) is 17.0. The van der Waals surface area contributed by atoms with Crippen molar-refractivity contribution in [2.24, 2.45) is 0 Å². The predicted molar refractivity (Wildman–Crippen MR) is 68.7 cm³/mol. The molecule has 2 nitrogen and oxygen atoms in total. The summed E-state index contributed by atoms with van der Waals surface area (Å²) in [5.41, 5.74) is 0.902. The maximum absolute atomic E-state index is 13.0. The fourth-order valence-electron chi connectivity index (χ4n) is 2.38.